The van der Waals surface area contributed by atoms with Crippen LogP contribution in [-0.2, 0) is 14.3 Å². The van der Waals surface area contributed by atoms with Gasteiger partial charge in [-0.05, 0) is 80.9 Å². The van der Waals surface area contributed by atoms with Gasteiger partial charge in [0.05, 0.1) is 11.6 Å². The Morgan fingerprint density at radius 2 is 1.72 bits per heavy atom. The molecule has 0 atom stereocenters. The van der Waals surface area contributed by atoms with Crippen molar-refractivity contribution in [2.45, 2.75) is 56.9 Å². The molecular formula is C22H27Cl2NO4. The van der Waals surface area contributed by atoms with E-state index >= 15 is 0 Å². The number of hydrogen-bond donors (Lipinski definition) is 1. The average molecular weight is 440 g/mol. The Bertz CT molecular complexity index is 747. The molecule has 5 rings (SSSR count). The largest absolute Gasteiger partial charge is 0.492 e. The number of hydrogen-bond acceptors (Lipinski definition) is 4. The number of rotatable bonds is 8. The Morgan fingerprint density at radius 1 is 1.07 bits per heavy atom. The molecule has 1 aromatic carbocycles. The van der Waals surface area contributed by atoms with Gasteiger partial charge in [-0.1, -0.05) is 23.2 Å². The summed E-state index contributed by atoms with van der Waals surface area (Å²) in [5.74, 6) is 2.25. The molecule has 4 aliphatic rings. The van der Waals surface area contributed by atoms with E-state index in [1.54, 1.807) is 18.2 Å². The van der Waals surface area contributed by atoms with Crippen LogP contribution in [0.4, 0.5) is 0 Å². The first-order valence-electron chi connectivity index (χ1n) is 10.5. The first-order valence-corrected chi connectivity index (χ1v) is 11.2. The Hall–Kier alpha value is -1.46. The fourth-order valence-corrected chi connectivity index (χ4v) is 6.27. The Labute approximate surface area is 181 Å². The highest BCUT2D eigenvalue weighted by Crippen LogP contribution is 2.55. The second-order valence-electron chi connectivity index (χ2n) is 8.93. The van der Waals surface area contributed by atoms with E-state index in [4.69, 9.17) is 32.7 Å². The molecule has 29 heavy (non-hydrogen) atoms. The summed E-state index contributed by atoms with van der Waals surface area (Å²) < 4.78 is 10.7. The van der Waals surface area contributed by atoms with Crippen molar-refractivity contribution in [3.05, 3.63) is 28.2 Å². The molecule has 0 radical (unpaired) electrons. The summed E-state index contributed by atoms with van der Waals surface area (Å²) in [5.41, 5.74) is -0.0517. The Balaban J connectivity index is 1.14. The van der Waals surface area contributed by atoms with Crippen molar-refractivity contribution >= 4 is 35.1 Å². The number of nitrogens with one attached hydrogen (secondary N) is 1. The number of benzene rings is 1. The van der Waals surface area contributed by atoms with E-state index < -0.39 is 5.97 Å². The van der Waals surface area contributed by atoms with Crippen LogP contribution in [0.15, 0.2) is 18.2 Å². The minimum absolute atomic E-state index is 0.0517. The Morgan fingerprint density at radius 3 is 2.34 bits per heavy atom. The van der Waals surface area contributed by atoms with Crippen molar-refractivity contribution in [2.24, 2.45) is 17.8 Å². The summed E-state index contributed by atoms with van der Waals surface area (Å²) in [6.45, 7) is 0.125. The van der Waals surface area contributed by atoms with E-state index in [0.29, 0.717) is 28.8 Å². The molecule has 7 heteroatoms. The van der Waals surface area contributed by atoms with Gasteiger partial charge in [0.15, 0.2) is 6.61 Å². The molecule has 158 valence electrons. The zero-order valence-electron chi connectivity index (χ0n) is 16.4. The smallest absolute Gasteiger partial charge is 0.306 e. The van der Waals surface area contributed by atoms with Crippen LogP contribution in [0, 0.1) is 17.8 Å². The third-order valence-corrected chi connectivity index (χ3v) is 7.01. The van der Waals surface area contributed by atoms with Crippen molar-refractivity contribution in [1.29, 1.82) is 0 Å². The zero-order valence-corrected chi connectivity index (χ0v) is 17.9. The second kappa shape index (κ2) is 8.73. The number of carbonyl (C=O) groups excluding carboxylic acids is 2. The fraction of sp³-hybridized carbons (Fsp3) is 0.636. The predicted octanol–water partition coefficient (Wildman–Crippen LogP) is 4.78. The van der Waals surface area contributed by atoms with Gasteiger partial charge in [-0.15, -0.1) is 0 Å². The summed E-state index contributed by atoms with van der Waals surface area (Å²) in [4.78, 5) is 24.3. The first kappa shape index (κ1) is 20.8. The maximum Gasteiger partial charge on any atom is 0.306 e. The van der Waals surface area contributed by atoms with Crippen LogP contribution >= 0.6 is 23.2 Å². The third kappa shape index (κ3) is 5.18. The molecule has 4 bridgehead atoms. The molecule has 0 aliphatic heterocycles. The van der Waals surface area contributed by atoms with Crippen LogP contribution in [-0.4, -0.2) is 30.6 Å². The van der Waals surface area contributed by atoms with Crippen LogP contribution in [0.1, 0.15) is 51.4 Å². The van der Waals surface area contributed by atoms with Gasteiger partial charge in [0.2, 0.25) is 0 Å². The molecule has 4 fully saturated rings. The van der Waals surface area contributed by atoms with Gasteiger partial charge in [0.1, 0.15) is 5.75 Å². The summed E-state index contributed by atoms with van der Waals surface area (Å²) in [7, 11) is 0. The number of halogens is 2. The molecule has 0 spiro atoms. The van der Waals surface area contributed by atoms with E-state index in [1.165, 1.54) is 19.3 Å². The van der Waals surface area contributed by atoms with E-state index in [9.17, 15) is 9.59 Å². The van der Waals surface area contributed by atoms with Gasteiger partial charge in [-0.2, -0.15) is 0 Å². The van der Waals surface area contributed by atoms with Crippen molar-refractivity contribution in [2.75, 3.05) is 13.2 Å². The molecular weight excluding hydrogens is 413 g/mol. The molecule has 4 aliphatic carbocycles. The lowest BCUT2D eigenvalue weighted by molar-refractivity contribution is -0.150. The van der Waals surface area contributed by atoms with Gasteiger partial charge >= 0.3 is 5.97 Å². The summed E-state index contributed by atoms with van der Waals surface area (Å²) in [5, 5.41) is 4.18. The summed E-state index contributed by atoms with van der Waals surface area (Å²) in [6, 6.07) is 4.99. The SMILES string of the molecule is O=C(COC(=O)CCCOc1ccc(Cl)cc1Cl)NC12CC3CC(CC(C3)C1)C2. The fourth-order valence-electron chi connectivity index (χ4n) is 5.80. The Kier molecular flexibility index (Phi) is 6.26. The molecule has 1 N–H and O–H groups in total. The maximum absolute atomic E-state index is 12.4. The normalized spacial score (nSPS) is 29.5. The molecule has 5 nitrogen and oxygen atoms in total. The van der Waals surface area contributed by atoms with Crippen molar-refractivity contribution < 1.29 is 19.1 Å². The predicted molar refractivity (Wildman–Crippen MR) is 111 cm³/mol. The van der Waals surface area contributed by atoms with Gasteiger partial charge in [0, 0.05) is 17.0 Å². The topological polar surface area (TPSA) is 64.6 Å². The van der Waals surface area contributed by atoms with Crippen LogP contribution in [0.25, 0.3) is 0 Å². The van der Waals surface area contributed by atoms with E-state index in [0.717, 1.165) is 37.0 Å². The highest BCUT2D eigenvalue weighted by Gasteiger charge is 2.51. The van der Waals surface area contributed by atoms with Crippen LogP contribution in [0.2, 0.25) is 10.0 Å². The molecule has 1 aromatic rings. The second-order valence-corrected chi connectivity index (χ2v) is 9.78. The van der Waals surface area contributed by atoms with Crippen molar-refractivity contribution in [3.8, 4) is 5.75 Å². The molecule has 0 unspecified atom stereocenters. The average Bonchev–Trinajstić information content (AvgIpc) is 2.63. The third-order valence-electron chi connectivity index (χ3n) is 6.48. The highest BCUT2D eigenvalue weighted by molar-refractivity contribution is 6.35. The monoisotopic (exact) mass is 439 g/mol. The number of ether oxygens (including phenoxy) is 2. The molecule has 1 amide bonds. The van der Waals surface area contributed by atoms with Crippen molar-refractivity contribution in [3.63, 3.8) is 0 Å². The summed E-state index contributed by atoms with van der Waals surface area (Å²) >= 11 is 11.9. The quantitative estimate of drug-likeness (QED) is 0.467. The maximum atomic E-state index is 12.4. The van der Waals surface area contributed by atoms with Crippen molar-refractivity contribution in [1.82, 2.24) is 5.32 Å². The molecule has 0 heterocycles. The summed E-state index contributed by atoms with van der Waals surface area (Å²) in [6.07, 6.45) is 7.91. The van der Waals surface area contributed by atoms with Gasteiger partial charge in [0.25, 0.3) is 5.91 Å². The van der Waals surface area contributed by atoms with E-state index in [-0.39, 0.29) is 24.5 Å². The molecule has 0 saturated heterocycles. The molecule has 4 saturated carbocycles. The van der Waals surface area contributed by atoms with E-state index in [1.807, 2.05) is 0 Å². The lowest BCUT2D eigenvalue weighted by Gasteiger charge is -2.56. The lowest BCUT2D eigenvalue weighted by Crippen LogP contribution is -2.60. The van der Waals surface area contributed by atoms with Gasteiger partial charge in [-0.3, -0.25) is 9.59 Å². The van der Waals surface area contributed by atoms with E-state index in [2.05, 4.69) is 5.32 Å². The van der Waals surface area contributed by atoms with Crippen LogP contribution < -0.4 is 10.1 Å². The number of esters is 1. The molecule has 0 aromatic heterocycles. The minimum Gasteiger partial charge on any atom is -0.492 e. The van der Waals surface area contributed by atoms with Gasteiger partial charge in [-0.25, -0.2) is 0 Å². The minimum atomic E-state index is -0.392. The highest BCUT2D eigenvalue weighted by atomic mass is 35.5. The first-order chi connectivity index (χ1) is 13.9. The number of carbonyl (C=O) groups is 2. The number of amides is 1. The van der Waals surface area contributed by atoms with Gasteiger partial charge < -0.3 is 14.8 Å². The standard InChI is InChI=1S/C22H27Cl2NO4/c23-17-3-4-19(18(24)9-17)28-5-1-2-21(27)29-13-20(26)25-22-10-14-6-15(11-22)8-16(7-14)12-22/h3-4,9,14-16H,1-2,5-8,10-13H2,(H,25,26). The zero-order chi connectivity index (χ0) is 20.4. The lowest BCUT2D eigenvalue weighted by atomic mass is 9.53. The van der Waals surface area contributed by atoms with Crippen LogP contribution in [0.5, 0.6) is 5.75 Å². The van der Waals surface area contributed by atoms with Crippen LogP contribution in [0.3, 0.4) is 0 Å².